The minimum absolute atomic E-state index is 0.122. The van der Waals surface area contributed by atoms with Crippen molar-refractivity contribution in [3.05, 3.63) is 0 Å². The highest BCUT2D eigenvalue weighted by molar-refractivity contribution is 6.74. The molecule has 7 heteroatoms. The smallest absolute Gasteiger partial charge is 0.305 e. The van der Waals surface area contributed by atoms with Crippen LogP contribution in [0.1, 0.15) is 99.3 Å². The number of methoxy groups -OCH3 is 1. The van der Waals surface area contributed by atoms with Gasteiger partial charge in [0, 0.05) is 12.8 Å². The molecule has 0 heterocycles. The number of rotatable bonds is 14. The molecule has 1 fully saturated rings. The molecule has 0 radical (unpaired) electrons. The lowest BCUT2D eigenvalue weighted by atomic mass is 9.85. The van der Waals surface area contributed by atoms with E-state index in [1.54, 1.807) is 0 Å². The van der Waals surface area contributed by atoms with Crippen LogP contribution in [-0.4, -0.2) is 48.2 Å². The number of unbranched alkanes of at least 4 members (excludes halogenated alkanes) is 3. The van der Waals surface area contributed by atoms with E-state index in [1.807, 2.05) is 0 Å². The molecule has 0 spiro atoms. The van der Waals surface area contributed by atoms with Gasteiger partial charge in [-0.05, 0) is 73.8 Å². The summed E-state index contributed by atoms with van der Waals surface area (Å²) >= 11 is 0. The van der Waals surface area contributed by atoms with Crippen LogP contribution in [0.25, 0.3) is 0 Å². The molecule has 1 saturated carbocycles. The Morgan fingerprint density at radius 2 is 1.26 bits per heavy atom. The zero-order valence-electron chi connectivity index (χ0n) is 24.8. The topological polar surface area (TPSA) is 61.8 Å². The summed E-state index contributed by atoms with van der Waals surface area (Å²) in [5.41, 5.74) is 0. The second-order valence-corrected chi connectivity index (χ2v) is 23.2. The zero-order valence-corrected chi connectivity index (χ0v) is 26.8. The van der Waals surface area contributed by atoms with Gasteiger partial charge in [-0.25, -0.2) is 0 Å². The van der Waals surface area contributed by atoms with Crippen molar-refractivity contribution in [2.75, 3.05) is 7.11 Å². The van der Waals surface area contributed by atoms with Crippen LogP contribution in [0.2, 0.25) is 36.3 Å². The molecule has 0 N–H and O–H groups in total. The van der Waals surface area contributed by atoms with Crippen LogP contribution in [0.3, 0.4) is 0 Å². The summed E-state index contributed by atoms with van der Waals surface area (Å²) in [5.74, 6) is 0.654. The molecule has 0 aromatic carbocycles. The normalized spacial score (nSPS) is 24.0. The van der Waals surface area contributed by atoms with Gasteiger partial charge in [-0.1, -0.05) is 60.8 Å². The third kappa shape index (κ3) is 9.71. The molecule has 35 heavy (non-hydrogen) atoms. The predicted octanol–water partition coefficient (Wildman–Crippen LogP) is 7.90. The Morgan fingerprint density at radius 1 is 0.800 bits per heavy atom. The molecule has 0 amide bonds. The number of carbonyl (C=O) groups excluding carboxylic acids is 2. The second-order valence-electron chi connectivity index (χ2n) is 13.7. The summed E-state index contributed by atoms with van der Waals surface area (Å²) in [6.07, 6.45) is 9.57. The first kappa shape index (κ1) is 32.5. The van der Waals surface area contributed by atoms with E-state index in [4.69, 9.17) is 13.6 Å². The Balaban J connectivity index is 3.06. The maximum atomic E-state index is 11.4. The van der Waals surface area contributed by atoms with Gasteiger partial charge < -0.3 is 18.4 Å². The van der Waals surface area contributed by atoms with E-state index in [9.17, 15) is 9.59 Å². The monoisotopic (exact) mass is 528 g/mol. The van der Waals surface area contributed by atoms with E-state index in [0.717, 1.165) is 51.2 Å². The highest BCUT2D eigenvalue weighted by Crippen LogP contribution is 2.48. The Labute approximate surface area is 218 Å². The summed E-state index contributed by atoms with van der Waals surface area (Å²) in [4.78, 5) is 22.8. The quantitative estimate of drug-likeness (QED) is 0.0992. The van der Waals surface area contributed by atoms with Gasteiger partial charge in [-0.2, -0.15) is 0 Å². The lowest BCUT2D eigenvalue weighted by Gasteiger charge is -2.40. The first-order valence-corrected chi connectivity index (χ1v) is 19.6. The second kappa shape index (κ2) is 13.3. The molecular formula is C28H56O5Si2. The third-order valence-corrected chi connectivity index (χ3v) is 18.0. The van der Waals surface area contributed by atoms with E-state index < -0.39 is 16.6 Å². The van der Waals surface area contributed by atoms with Crippen molar-refractivity contribution in [1.29, 1.82) is 0 Å². The van der Waals surface area contributed by atoms with Crippen LogP contribution in [0, 0.1) is 11.8 Å². The maximum Gasteiger partial charge on any atom is 0.305 e. The summed E-state index contributed by atoms with van der Waals surface area (Å²) in [7, 11) is -2.43. The molecule has 1 aliphatic carbocycles. The number of carbonyl (C=O) groups is 2. The molecule has 0 aromatic heterocycles. The molecule has 0 bridgehead atoms. The van der Waals surface area contributed by atoms with Crippen molar-refractivity contribution in [1.82, 2.24) is 0 Å². The molecule has 0 saturated heterocycles. The van der Waals surface area contributed by atoms with Crippen molar-refractivity contribution in [3.8, 4) is 0 Å². The molecular weight excluding hydrogens is 472 g/mol. The van der Waals surface area contributed by atoms with Gasteiger partial charge in [0.1, 0.15) is 6.29 Å². The van der Waals surface area contributed by atoms with E-state index >= 15 is 0 Å². The van der Waals surface area contributed by atoms with Gasteiger partial charge >= 0.3 is 5.97 Å². The number of hydrogen-bond acceptors (Lipinski definition) is 5. The van der Waals surface area contributed by atoms with Gasteiger partial charge in [-0.3, -0.25) is 4.79 Å². The fourth-order valence-corrected chi connectivity index (χ4v) is 7.44. The van der Waals surface area contributed by atoms with Crippen LogP contribution in [0.5, 0.6) is 0 Å². The van der Waals surface area contributed by atoms with Gasteiger partial charge in [-0.15, -0.1) is 0 Å². The summed E-state index contributed by atoms with van der Waals surface area (Å²) in [5, 5.41) is 0.303. The van der Waals surface area contributed by atoms with Crippen molar-refractivity contribution >= 4 is 28.9 Å². The lowest BCUT2D eigenvalue weighted by Crippen LogP contribution is -2.45. The fourth-order valence-electron chi connectivity index (χ4n) is 4.68. The van der Waals surface area contributed by atoms with Crippen LogP contribution in [0.4, 0.5) is 0 Å². The molecule has 1 rings (SSSR count). The minimum Gasteiger partial charge on any atom is -0.469 e. The molecule has 4 atom stereocenters. The number of aldehydes is 1. The van der Waals surface area contributed by atoms with Crippen LogP contribution in [-0.2, 0) is 23.2 Å². The zero-order chi connectivity index (χ0) is 27.1. The SMILES string of the molecule is COC(=O)CCCCCC[C@H]1[C@@H](O[Si](C)(C)C(C)(C)C)CC(O[Si](C)(C)C(C)(C)C)[C@@H]1CCC=O. The van der Waals surface area contributed by atoms with E-state index in [1.165, 1.54) is 7.11 Å². The van der Waals surface area contributed by atoms with E-state index in [-0.39, 0.29) is 28.3 Å². The lowest BCUT2D eigenvalue weighted by molar-refractivity contribution is -0.140. The Kier molecular flexibility index (Phi) is 12.4. The maximum absolute atomic E-state index is 11.4. The van der Waals surface area contributed by atoms with E-state index in [0.29, 0.717) is 24.7 Å². The summed E-state index contributed by atoms with van der Waals surface area (Å²) in [6.45, 7) is 23.2. The van der Waals surface area contributed by atoms with E-state index in [2.05, 4.69) is 67.7 Å². The first-order valence-electron chi connectivity index (χ1n) is 13.8. The standard InChI is InChI=1S/C28H56O5Si2/c1-27(2,3)34(8,9)32-24-21-25(33-35(10,11)28(4,5)6)23(18-16-20-29)22(24)17-14-12-13-15-19-26(30)31-7/h20,22-25H,12-19,21H2,1-11H3/t22-,23-,24+,25?/m1/s1. The Bertz CT molecular complexity index is 663. The molecule has 1 unspecified atom stereocenters. The average molecular weight is 529 g/mol. The summed E-state index contributed by atoms with van der Waals surface area (Å²) < 4.78 is 18.9. The largest absolute Gasteiger partial charge is 0.469 e. The number of ether oxygens (including phenoxy) is 1. The average Bonchev–Trinajstić information content (AvgIpc) is 3.01. The van der Waals surface area contributed by atoms with Crippen LogP contribution in [0.15, 0.2) is 0 Å². The van der Waals surface area contributed by atoms with Gasteiger partial charge in [0.25, 0.3) is 0 Å². The predicted molar refractivity (Wildman–Crippen MR) is 151 cm³/mol. The number of hydrogen-bond donors (Lipinski definition) is 0. The highest BCUT2D eigenvalue weighted by Gasteiger charge is 2.50. The van der Waals surface area contributed by atoms with Crippen molar-refractivity contribution in [2.45, 2.75) is 148 Å². The third-order valence-electron chi connectivity index (χ3n) is 8.99. The molecule has 206 valence electrons. The van der Waals surface area contributed by atoms with Crippen molar-refractivity contribution < 1.29 is 23.2 Å². The van der Waals surface area contributed by atoms with Crippen LogP contribution >= 0.6 is 0 Å². The van der Waals surface area contributed by atoms with Crippen molar-refractivity contribution in [3.63, 3.8) is 0 Å². The van der Waals surface area contributed by atoms with Gasteiger partial charge in [0.05, 0.1) is 19.3 Å². The fraction of sp³-hybridized carbons (Fsp3) is 0.929. The van der Waals surface area contributed by atoms with Gasteiger partial charge in [0.2, 0.25) is 0 Å². The van der Waals surface area contributed by atoms with Crippen molar-refractivity contribution in [2.24, 2.45) is 11.8 Å². The number of esters is 1. The molecule has 0 aliphatic heterocycles. The minimum atomic E-state index is -1.95. The highest BCUT2D eigenvalue weighted by atomic mass is 28.4. The summed E-state index contributed by atoms with van der Waals surface area (Å²) in [6, 6.07) is 0. The van der Waals surface area contributed by atoms with Gasteiger partial charge in [0.15, 0.2) is 16.6 Å². The Hall–Kier alpha value is -0.506. The molecule has 5 nitrogen and oxygen atoms in total. The Morgan fingerprint density at radius 3 is 1.69 bits per heavy atom. The molecule has 0 aromatic rings. The molecule has 1 aliphatic rings. The van der Waals surface area contributed by atoms with Crippen LogP contribution < -0.4 is 0 Å². The first-order chi connectivity index (χ1) is 16.0.